The van der Waals surface area contributed by atoms with Crippen molar-refractivity contribution >= 4 is 29.9 Å². The molecule has 1 aliphatic rings. The van der Waals surface area contributed by atoms with Gasteiger partial charge in [-0.25, -0.2) is 0 Å². The van der Waals surface area contributed by atoms with Crippen molar-refractivity contribution < 1.29 is 4.74 Å². The van der Waals surface area contributed by atoms with E-state index in [0.29, 0.717) is 6.61 Å². The number of hydrogen-bond donors (Lipinski definition) is 2. The van der Waals surface area contributed by atoms with Crippen LogP contribution in [-0.2, 0) is 11.3 Å². The maximum Gasteiger partial charge on any atom is 0.191 e. The number of benzene rings is 1. The molecular formula is C18H30IN3O. The zero-order valence-electron chi connectivity index (χ0n) is 14.1. The quantitative estimate of drug-likeness (QED) is 0.258. The second-order valence-electron chi connectivity index (χ2n) is 5.84. The number of ether oxygens (including phenoxy) is 1. The predicted octanol–water partition coefficient (Wildman–Crippen LogP) is 3.57. The Morgan fingerprint density at radius 2 is 1.96 bits per heavy atom. The Bertz CT molecular complexity index is 435. The van der Waals surface area contributed by atoms with Gasteiger partial charge in [-0.2, -0.15) is 0 Å². The first-order valence-corrected chi connectivity index (χ1v) is 8.52. The standard InChI is InChI=1S/C18H29N3O.HI/c1-2-19-18(21-14-16-10-11-16)20-12-6-7-13-22-15-17-8-4-3-5-9-17;/h3-5,8-9,16H,2,6-7,10-15H2,1H3,(H2,19,20,21);1H. The molecule has 0 spiro atoms. The Kier molecular flexibility index (Phi) is 11.1. The van der Waals surface area contributed by atoms with Crippen LogP contribution < -0.4 is 10.6 Å². The van der Waals surface area contributed by atoms with Crippen molar-refractivity contribution in [3.8, 4) is 0 Å². The van der Waals surface area contributed by atoms with Crippen LogP contribution in [0, 0.1) is 5.92 Å². The number of unbranched alkanes of at least 4 members (excludes halogenated alkanes) is 1. The summed E-state index contributed by atoms with van der Waals surface area (Å²) >= 11 is 0. The lowest BCUT2D eigenvalue weighted by molar-refractivity contribution is 0.117. The molecule has 23 heavy (non-hydrogen) atoms. The predicted molar refractivity (Wildman–Crippen MR) is 107 cm³/mol. The molecule has 1 aromatic carbocycles. The molecule has 1 fully saturated rings. The Balaban J connectivity index is 0.00000264. The first kappa shape index (κ1) is 20.2. The number of nitrogens with one attached hydrogen (secondary N) is 2. The monoisotopic (exact) mass is 431 g/mol. The molecule has 1 saturated carbocycles. The molecule has 0 amide bonds. The van der Waals surface area contributed by atoms with E-state index in [4.69, 9.17) is 4.74 Å². The van der Waals surface area contributed by atoms with Crippen LogP contribution in [0.2, 0.25) is 0 Å². The Labute approximate surface area is 157 Å². The largest absolute Gasteiger partial charge is 0.377 e. The van der Waals surface area contributed by atoms with E-state index in [1.54, 1.807) is 0 Å². The van der Waals surface area contributed by atoms with Gasteiger partial charge in [-0.1, -0.05) is 30.3 Å². The molecule has 0 bridgehead atoms. The summed E-state index contributed by atoms with van der Waals surface area (Å²) in [5, 5.41) is 6.69. The van der Waals surface area contributed by atoms with Crippen LogP contribution in [0.1, 0.15) is 38.2 Å². The van der Waals surface area contributed by atoms with Crippen molar-refractivity contribution in [2.75, 3.05) is 26.2 Å². The molecule has 0 unspecified atom stereocenters. The van der Waals surface area contributed by atoms with E-state index in [0.717, 1.165) is 51.0 Å². The Morgan fingerprint density at radius 3 is 2.65 bits per heavy atom. The molecule has 0 aliphatic heterocycles. The van der Waals surface area contributed by atoms with Gasteiger partial charge in [0.15, 0.2) is 5.96 Å². The Morgan fingerprint density at radius 1 is 1.17 bits per heavy atom. The molecule has 130 valence electrons. The number of guanidine groups is 1. The first-order chi connectivity index (χ1) is 10.9. The average Bonchev–Trinajstić information content (AvgIpc) is 3.37. The summed E-state index contributed by atoms with van der Waals surface area (Å²) in [5.74, 6) is 1.79. The van der Waals surface area contributed by atoms with Gasteiger partial charge in [0.25, 0.3) is 0 Å². The van der Waals surface area contributed by atoms with Crippen LogP contribution in [0.5, 0.6) is 0 Å². The minimum Gasteiger partial charge on any atom is -0.377 e. The van der Waals surface area contributed by atoms with E-state index in [-0.39, 0.29) is 24.0 Å². The van der Waals surface area contributed by atoms with Gasteiger partial charge in [-0.05, 0) is 44.1 Å². The fourth-order valence-corrected chi connectivity index (χ4v) is 2.16. The second kappa shape index (κ2) is 12.6. The summed E-state index contributed by atoms with van der Waals surface area (Å²) in [5.41, 5.74) is 1.24. The highest BCUT2D eigenvalue weighted by Crippen LogP contribution is 2.28. The summed E-state index contributed by atoms with van der Waals surface area (Å²) in [6, 6.07) is 10.3. The third-order valence-electron chi connectivity index (χ3n) is 3.67. The van der Waals surface area contributed by atoms with Gasteiger partial charge in [-0.3, -0.25) is 4.99 Å². The van der Waals surface area contributed by atoms with Crippen LogP contribution >= 0.6 is 24.0 Å². The summed E-state index contributed by atoms with van der Waals surface area (Å²) in [7, 11) is 0. The number of hydrogen-bond acceptors (Lipinski definition) is 2. The van der Waals surface area contributed by atoms with Crippen LogP contribution in [0.4, 0.5) is 0 Å². The van der Waals surface area contributed by atoms with E-state index in [2.05, 4.69) is 34.7 Å². The van der Waals surface area contributed by atoms with Crippen molar-refractivity contribution in [1.29, 1.82) is 0 Å². The fourth-order valence-electron chi connectivity index (χ4n) is 2.16. The topological polar surface area (TPSA) is 45.7 Å². The highest BCUT2D eigenvalue weighted by atomic mass is 127. The van der Waals surface area contributed by atoms with Gasteiger partial charge in [0.1, 0.15) is 0 Å². The van der Waals surface area contributed by atoms with Crippen molar-refractivity contribution in [2.24, 2.45) is 10.9 Å². The van der Waals surface area contributed by atoms with Crippen LogP contribution in [0.25, 0.3) is 0 Å². The molecule has 0 radical (unpaired) electrons. The number of nitrogens with zero attached hydrogens (tertiary/aromatic N) is 1. The summed E-state index contributed by atoms with van der Waals surface area (Å²) < 4.78 is 5.69. The third-order valence-corrected chi connectivity index (χ3v) is 3.67. The summed E-state index contributed by atoms with van der Waals surface area (Å²) in [4.78, 5) is 4.61. The summed E-state index contributed by atoms with van der Waals surface area (Å²) in [6.45, 7) is 6.45. The lowest BCUT2D eigenvalue weighted by Gasteiger charge is -2.11. The highest BCUT2D eigenvalue weighted by Gasteiger charge is 2.20. The minimum atomic E-state index is 0. The second-order valence-corrected chi connectivity index (χ2v) is 5.84. The van der Waals surface area contributed by atoms with Gasteiger partial charge < -0.3 is 15.4 Å². The average molecular weight is 431 g/mol. The van der Waals surface area contributed by atoms with Gasteiger partial charge in [0.05, 0.1) is 6.61 Å². The molecule has 0 aromatic heterocycles. The molecule has 0 saturated heterocycles. The molecular weight excluding hydrogens is 401 g/mol. The molecule has 2 rings (SSSR count). The van der Waals surface area contributed by atoms with Crippen LogP contribution in [-0.4, -0.2) is 32.2 Å². The zero-order chi connectivity index (χ0) is 15.5. The fraction of sp³-hybridized carbons (Fsp3) is 0.611. The van der Waals surface area contributed by atoms with Gasteiger partial charge in [0.2, 0.25) is 0 Å². The lowest BCUT2D eigenvalue weighted by atomic mass is 10.2. The molecule has 0 heterocycles. The smallest absolute Gasteiger partial charge is 0.191 e. The van der Waals surface area contributed by atoms with Crippen molar-refractivity contribution in [1.82, 2.24) is 10.6 Å². The van der Waals surface area contributed by atoms with Crippen molar-refractivity contribution in [2.45, 2.75) is 39.2 Å². The minimum absolute atomic E-state index is 0. The van der Waals surface area contributed by atoms with Crippen LogP contribution in [0.15, 0.2) is 35.3 Å². The Hall–Kier alpha value is -0.820. The molecule has 1 aliphatic carbocycles. The van der Waals surface area contributed by atoms with Gasteiger partial charge >= 0.3 is 0 Å². The molecule has 2 N–H and O–H groups in total. The first-order valence-electron chi connectivity index (χ1n) is 8.52. The van der Waals surface area contributed by atoms with E-state index in [1.807, 2.05) is 18.2 Å². The lowest BCUT2D eigenvalue weighted by Crippen LogP contribution is -2.38. The molecule has 5 heteroatoms. The van der Waals surface area contributed by atoms with E-state index >= 15 is 0 Å². The number of halogens is 1. The number of aliphatic imine (C=N–C) groups is 1. The van der Waals surface area contributed by atoms with Gasteiger partial charge in [-0.15, -0.1) is 24.0 Å². The normalized spacial score (nSPS) is 14.2. The van der Waals surface area contributed by atoms with E-state index < -0.39 is 0 Å². The third kappa shape index (κ3) is 9.81. The van der Waals surface area contributed by atoms with E-state index in [9.17, 15) is 0 Å². The molecule has 4 nitrogen and oxygen atoms in total. The zero-order valence-corrected chi connectivity index (χ0v) is 16.4. The van der Waals surface area contributed by atoms with Crippen molar-refractivity contribution in [3.63, 3.8) is 0 Å². The molecule has 0 atom stereocenters. The van der Waals surface area contributed by atoms with E-state index in [1.165, 1.54) is 18.4 Å². The SMILES string of the molecule is CCNC(=NCC1CC1)NCCCCOCc1ccccc1.I. The van der Waals surface area contributed by atoms with Gasteiger partial charge in [0, 0.05) is 26.2 Å². The van der Waals surface area contributed by atoms with Crippen molar-refractivity contribution in [3.05, 3.63) is 35.9 Å². The summed E-state index contributed by atoms with van der Waals surface area (Å²) in [6.07, 6.45) is 4.87. The maximum atomic E-state index is 5.69. The molecule has 1 aromatic rings. The van der Waals surface area contributed by atoms with Crippen LogP contribution in [0.3, 0.4) is 0 Å². The number of rotatable bonds is 10. The highest BCUT2D eigenvalue weighted by molar-refractivity contribution is 14.0. The maximum absolute atomic E-state index is 5.69.